The fraction of sp³-hybridized carbons (Fsp3) is 0.529. The predicted octanol–water partition coefficient (Wildman–Crippen LogP) is 3.28. The van der Waals surface area contributed by atoms with Crippen molar-refractivity contribution in [3.63, 3.8) is 0 Å². The van der Waals surface area contributed by atoms with Crippen LogP contribution in [0, 0.1) is 6.92 Å². The first kappa shape index (κ1) is 18.0. The third-order valence-corrected chi connectivity index (χ3v) is 3.55. The van der Waals surface area contributed by atoms with Gasteiger partial charge in [0.1, 0.15) is 23.2 Å². The van der Waals surface area contributed by atoms with E-state index in [-0.39, 0.29) is 0 Å². The Kier molecular flexibility index (Phi) is 5.22. The summed E-state index contributed by atoms with van der Waals surface area (Å²) in [5.41, 5.74) is -0.297. The Labute approximate surface area is 132 Å². The average Bonchev–Trinajstić information content (AvgIpc) is 2.43. The molecular formula is C17H25NO4. The van der Waals surface area contributed by atoms with E-state index in [0.717, 1.165) is 11.8 Å². The van der Waals surface area contributed by atoms with Crippen molar-refractivity contribution in [2.45, 2.75) is 45.8 Å². The molecule has 0 aliphatic rings. The molecule has 5 nitrogen and oxygen atoms in total. The van der Waals surface area contributed by atoms with Crippen LogP contribution in [0.4, 0.5) is 4.79 Å². The quantitative estimate of drug-likeness (QED) is 0.801. The molecule has 122 valence electrons. The van der Waals surface area contributed by atoms with E-state index >= 15 is 0 Å². The molecule has 0 fully saturated rings. The summed E-state index contributed by atoms with van der Waals surface area (Å²) < 4.78 is 10.7. The van der Waals surface area contributed by atoms with Crippen molar-refractivity contribution in [2.75, 3.05) is 14.2 Å². The van der Waals surface area contributed by atoms with Crippen LogP contribution in [0.15, 0.2) is 18.2 Å². The van der Waals surface area contributed by atoms with Crippen molar-refractivity contribution in [1.29, 1.82) is 0 Å². The van der Waals surface area contributed by atoms with E-state index in [0.29, 0.717) is 11.3 Å². The third-order valence-electron chi connectivity index (χ3n) is 3.55. The minimum Gasteiger partial charge on any atom is -0.496 e. The van der Waals surface area contributed by atoms with Crippen LogP contribution in [0.2, 0.25) is 0 Å². The molecule has 22 heavy (non-hydrogen) atoms. The highest BCUT2D eigenvalue weighted by Crippen LogP contribution is 2.36. The van der Waals surface area contributed by atoms with E-state index in [1.807, 2.05) is 19.1 Å². The van der Waals surface area contributed by atoms with E-state index in [1.165, 1.54) is 12.0 Å². The van der Waals surface area contributed by atoms with Crippen molar-refractivity contribution < 1.29 is 19.1 Å². The lowest BCUT2D eigenvalue weighted by Gasteiger charge is -2.37. The number of hydrogen-bond donors (Lipinski definition) is 0. The maximum absolute atomic E-state index is 12.4. The predicted molar refractivity (Wildman–Crippen MR) is 85.1 cm³/mol. The number of amides is 1. The molecule has 0 saturated heterocycles. The maximum atomic E-state index is 12.4. The maximum Gasteiger partial charge on any atom is 0.411 e. The Hall–Kier alpha value is -2.04. The van der Waals surface area contributed by atoms with Gasteiger partial charge in [-0.25, -0.2) is 4.79 Å². The molecule has 1 aromatic carbocycles. The molecule has 1 atom stereocenters. The number of ether oxygens (including phenoxy) is 2. The van der Waals surface area contributed by atoms with Gasteiger partial charge in [0.25, 0.3) is 0 Å². The van der Waals surface area contributed by atoms with Gasteiger partial charge < -0.3 is 14.3 Å². The molecule has 1 rings (SSSR count). The van der Waals surface area contributed by atoms with Crippen LogP contribution < -0.4 is 4.74 Å². The first-order chi connectivity index (χ1) is 10.1. The molecular weight excluding hydrogens is 282 g/mol. The van der Waals surface area contributed by atoms with Gasteiger partial charge in [0.15, 0.2) is 0 Å². The lowest BCUT2D eigenvalue weighted by Crippen LogP contribution is -2.48. The molecule has 0 saturated carbocycles. The van der Waals surface area contributed by atoms with Crippen LogP contribution in [0.3, 0.4) is 0 Å². The molecule has 0 heterocycles. The Morgan fingerprint density at radius 3 is 2.27 bits per heavy atom. The molecule has 0 bridgehead atoms. The second kappa shape index (κ2) is 6.38. The number of benzene rings is 1. The van der Waals surface area contributed by atoms with Gasteiger partial charge in [0.05, 0.1) is 7.11 Å². The summed E-state index contributed by atoms with van der Waals surface area (Å²) >= 11 is 0. The van der Waals surface area contributed by atoms with Crippen molar-refractivity contribution in [3.8, 4) is 5.75 Å². The van der Waals surface area contributed by atoms with Gasteiger partial charge in [0.2, 0.25) is 0 Å². The fourth-order valence-corrected chi connectivity index (χ4v) is 2.29. The Morgan fingerprint density at radius 2 is 1.82 bits per heavy atom. The molecule has 0 spiro atoms. The van der Waals surface area contributed by atoms with Gasteiger partial charge in [-0.15, -0.1) is 0 Å². The van der Waals surface area contributed by atoms with Gasteiger partial charge in [-0.05, 0) is 46.2 Å². The van der Waals surface area contributed by atoms with Gasteiger partial charge in [-0.1, -0.05) is 12.1 Å². The SMILES string of the molecule is COc1cccc(C)c1C(C)(C=O)N(C)C(=O)OC(C)(C)C. The zero-order valence-electron chi connectivity index (χ0n) is 14.4. The second-order valence-corrected chi connectivity index (χ2v) is 6.46. The second-order valence-electron chi connectivity index (χ2n) is 6.46. The van der Waals surface area contributed by atoms with Gasteiger partial charge in [0, 0.05) is 12.6 Å². The van der Waals surface area contributed by atoms with E-state index < -0.39 is 17.2 Å². The average molecular weight is 307 g/mol. The number of likely N-dealkylation sites (N-methyl/N-ethyl adjacent to an activating group) is 1. The number of hydrogen-bond acceptors (Lipinski definition) is 4. The largest absolute Gasteiger partial charge is 0.496 e. The number of nitrogens with zero attached hydrogens (tertiary/aromatic N) is 1. The molecule has 0 aliphatic heterocycles. The number of rotatable bonds is 4. The normalized spacial score (nSPS) is 14.0. The van der Waals surface area contributed by atoms with Crippen LogP contribution in [0.5, 0.6) is 5.75 Å². The highest BCUT2D eigenvalue weighted by atomic mass is 16.6. The van der Waals surface area contributed by atoms with Crippen LogP contribution in [-0.4, -0.2) is 37.0 Å². The first-order valence-corrected chi connectivity index (χ1v) is 7.14. The van der Waals surface area contributed by atoms with Crippen LogP contribution >= 0.6 is 0 Å². The number of carbonyl (C=O) groups is 2. The monoisotopic (exact) mass is 307 g/mol. The third kappa shape index (κ3) is 3.59. The van der Waals surface area contributed by atoms with Gasteiger partial charge in [-0.2, -0.15) is 0 Å². The molecule has 0 aromatic heterocycles. The molecule has 1 aromatic rings. The standard InChI is InChI=1S/C17H25NO4/c1-12-9-8-10-13(21-7)14(12)17(5,11-19)18(6)15(20)22-16(2,3)4/h8-11H,1-7H3. The first-order valence-electron chi connectivity index (χ1n) is 7.14. The summed E-state index contributed by atoms with van der Waals surface area (Å²) in [6.07, 6.45) is 0.175. The Morgan fingerprint density at radius 1 is 1.23 bits per heavy atom. The van der Waals surface area contributed by atoms with Crippen molar-refractivity contribution in [2.24, 2.45) is 0 Å². The van der Waals surface area contributed by atoms with Crippen LogP contribution in [0.25, 0.3) is 0 Å². The number of aryl methyl sites for hydroxylation is 1. The van der Waals surface area contributed by atoms with E-state index in [1.54, 1.807) is 40.8 Å². The number of methoxy groups -OCH3 is 1. The van der Waals surface area contributed by atoms with E-state index in [9.17, 15) is 9.59 Å². The highest BCUT2D eigenvalue weighted by Gasteiger charge is 2.39. The molecule has 1 amide bonds. The summed E-state index contributed by atoms with van der Waals surface area (Å²) in [6, 6.07) is 5.49. The number of aldehydes is 1. The molecule has 1 unspecified atom stereocenters. The lowest BCUT2D eigenvalue weighted by molar-refractivity contribution is -0.117. The zero-order valence-corrected chi connectivity index (χ0v) is 14.4. The Bertz CT molecular complexity index is 562. The molecule has 0 N–H and O–H groups in total. The molecule has 0 radical (unpaired) electrons. The number of carbonyl (C=O) groups excluding carboxylic acids is 2. The lowest BCUT2D eigenvalue weighted by atomic mass is 9.87. The minimum absolute atomic E-state index is 0.560. The minimum atomic E-state index is -1.18. The van der Waals surface area contributed by atoms with Crippen molar-refractivity contribution in [3.05, 3.63) is 29.3 Å². The Balaban J connectivity index is 3.33. The molecule has 0 aliphatic carbocycles. The van der Waals surface area contributed by atoms with Crippen LogP contribution in [0.1, 0.15) is 38.8 Å². The van der Waals surface area contributed by atoms with Crippen molar-refractivity contribution in [1.82, 2.24) is 4.90 Å². The summed E-state index contributed by atoms with van der Waals surface area (Å²) in [5, 5.41) is 0. The topological polar surface area (TPSA) is 55.8 Å². The zero-order chi connectivity index (χ0) is 17.1. The van der Waals surface area contributed by atoms with Gasteiger partial charge >= 0.3 is 6.09 Å². The summed E-state index contributed by atoms with van der Waals surface area (Å²) in [5.74, 6) is 0.560. The van der Waals surface area contributed by atoms with Crippen LogP contribution in [-0.2, 0) is 15.1 Å². The summed E-state index contributed by atoms with van der Waals surface area (Å²) in [7, 11) is 3.09. The van der Waals surface area contributed by atoms with Gasteiger partial charge in [-0.3, -0.25) is 4.90 Å². The summed E-state index contributed by atoms with van der Waals surface area (Å²) in [6.45, 7) is 8.90. The fourth-order valence-electron chi connectivity index (χ4n) is 2.29. The van der Waals surface area contributed by atoms with E-state index in [4.69, 9.17) is 9.47 Å². The van der Waals surface area contributed by atoms with Crippen molar-refractivity contribution >= 4 is 12.4 Å². The smallest absolute Gasteiger partial charge is 0.411 e. The summed E-state index contributed by atoms with van der Waals surface area (Å²) in [4.78, 5) is 25.5. The highest BCUT2D eigenvalue weighted by molar-refractivity contribution is 5.79. The molecule has 5 heteroatoms. The van der Waals surface area contributed by atoms with E-state index in [2.05, 4.69) is 0 Å².